The van der Waals surface area contributed by atoms with Crippen molar-refractivity contribution in [1.82, 2.24) is 9.88 Å². The van der Waals surface area contributed by atoms with E-state index in [1.165, 1.54) is 23.3 Å². The van der Waals surface area contributed by atoms with E-state index in [1.807, 2.05) is 6.92 Å². The number of amides is 1. The van der Waals surface area contributed by atoms with Crippen LogP contribution in [0.2, 0.25) is 0 Å². The lowest BCUT2D eigenvalue weighted by molar-refractivity contribution is 0.0785. The van der Waals surface area contributed by atoms with Gasteiger partial charge in [-0.2, -0.15) is 0 Å². The summed E-state index contributed by atoms with van der Waals surface area (Å²) in [6.07, 6.45) is 2.50. The Balaban J connectivity index is 2.15. The highest BCUT2D eigenvalue weighted by atomic mass is 32.1. The fourth-order valence-corrected chi connectivity index (χ4v) is 2.72. The Morgan fingerprint density at radius 1 is 1.38 bits per heavy atom. The zero-order valence-corrected chi connectivity index (χ0v) is 12.4. The maximum atomic E-state index is 13.3. The van der Waals surface area contributed by atoms with Crippen LogP contribution in [0.25, 0.3) is 0 Å². The Hall–Kier alpha value is -2.02. The van der Waals surface area contributed by atoms with E-state index in [4.69, 9.17) is 5.11 Å². The van der Waals surface area contributed by atoms with Crippen molar-refractivity contribution in [2.45, 2.75) is 19.9 Å². The van der Waals surface area contributed by atoms with Crippen molar-refractivity contribution in [3.8, 4) is 5.75 Å². The minimum atomic E-state index is -1.15. The number of rotatable bonds is 4. The van der Waals surface area contributed by atoms with Gasteiger partial charge in [-0.25, -0.2) is 13.8 Å². The number of nitrogens with zero attached hydrogens (tertiary/aromatic N) is 2. The fourth-order valence-electron chi connectivity index (χ4n) is 1.80. The van der Waals surface area contributed by atoms with Gasteiger partial charge in [-0.15, -0.1) is 11.3 Å². The molecule has 0 aliphatic heterocycles. The first-order chi connectivity index (χ1) is 9.92. The summed E-state index contributed by atoms with van der Waals surface area (Å²) in [5.41, 5.74) is -0.148. The van der Waals surface area contributed by atoms with Gasteiger partial charge in [0.1, 0.15) is 0 Å². The maximum Gasteiger partial charge on any atom is 0.254 e. The second-order valence-corrected chi connectivity index (χ2v) is 5.72. The monoisotopic (exact) mass is 312 g/mol. The van der Waals surface area contributed by atoms with Crippen LogP contribution in [0.1, 0.15) is 27.2 Å². The molecular formula is C14H14F2N2O2S. The molecule has 0 atom stereocenters. The molecule has 1 N–H and O–H groups in total. The van der Waals surface area contributed by atoms with E-state index in [2.05, 4.69) is 4.98 Å². The van der Waals surface area contributed by atoms with E-state index in [-0.39, 0.29) is 5.56 Å². The van der Waals surface area contributed by atoms with E-state index < -0.39 is 23.3 Å². The number of carbonyl (C=O) groups excluding carboxylic acids is 1. The second-order valence-electron chi connectivity index (χ2n) is 4.52. The quantitative estimate of drug-likeness (QED) is 0.944. The van der Waals surface area contributed by atoms with E-state index in [1.54, 1.807) is 6.20 Å². The number of benzene rings is 1. The largest absolute Gasteiger partial charge is 0.503 e. The molecular weight excluding hydrogens is 298 g/mol. The summed E-state index contributed by atoms with van der Waals surface area (Å²) in [7, 11) is 1.54. The molecule has 112 valence electrons. The standard InChI is InChI=1S/C14H14F2N2O2S/c1-3-12-17-6-9(21-12)7-18(2)14(20)8-4-10(15)13(19)11(16)5-8/h4-6,19H,3,7H2,1-2H3. The Labute approximate surface area is 124 Å². The van der Waals surface area contributed by atoms with Crippen molar-refractivity contribution in [1.29, 1.82) is 0 Å². The molecule has 0 spiro atoms. The third-order valence-electron chi connectivity index (χ3n) is 2.91. The molecule has 0 aliphatic carbocycles. The van der Waals surface area contributed by atoms with Crippen LogP contribution in [0.15, 0.2) is 18.3 Å². The van der Waals surface area contributed by atoms with Gasteiger partial charge in [0.05, 0.1) is 11.6 Å². The number of aromatic hydroxyl groups is 1. The second kappa shape index (κ2) is 6.17. The lowest BCUT2D eigenvalue weighted by atomic mass is 10.1. The number of aromatic nitrogens is 1. The number of halogens is 2. The van der Waals surface area contributed by atoms with Crippen LogP contribution < -0.4 is 0 Å². The summed E-state index contributed by atoms with van der Waals surface area (Å²) < 4.78 is 26.5. The average molecular weight is 312 g/mol. The van der Waals surface area contributed by atoms with Gasteiger partial charge in [-0.1, -0.05) is 6.92 Å². The number of hydrogen-bond donors (Lipinski definition) is 1. The molecule has 1 aromatic carbocycles. The third-order valence-corrected chi connectivity index (χ3v) is 4.03. The predicted molar refractivity (Wildman–Crippen MR) is 75.3 cm³/mol. The molecule has 7 heteroatoms. The first kappa shape index (κ1) is 15.4. The number of hydrogen-bond acceptors (Lipinski definition) is 4. The number of thiazole rings is 1. The molecule has 1 amide bonds. The molecule has 1 heterocycles. The summed E-state index contributed by atoms with van der Waals surface area (Å²) >= 11 is 1.49. The molecule has 0 bridgehead atoms. The van der Waals surface area contributed by atoms with Gasteiger partial charge >= 0.3 is 0 Å². The SMILES string of the molecule is CCc1ncc(CN(C)C(=O)c2cc(F)c(O)c(F)c2)s1. The number of phenols is 1. The highest BCUT2D eigenvalue weighted by molar-refractivity contribution is 7.11. The van der Waals surface area contributed by atoms with Crippen LogP contribution >= 0.6 is 11.3 Å². The molecule has 21 heavy (non-hydrogen) atoms. The highest BCUT2D eigenvalue weighted by Gasteiger charge is 2.18. The number of carbonyl (C=O) groups is 1. The Morgan fingerprint density at radius 3 is 2.52 bits per heavy atom. The normalized spacial score (nSPS) is 10.7. The van der Waals surface area contributed by atoms with Crippen LogP contribution in [0.3, 0.4) is 0 Å². The zero-order valence-electron chi connectivity index (χ0n) is 11.6. The number of aryl methyl sites for hydroxylation is 1. The molecule has 1 aromatic heterocycles. The van der Waals surface area contributed by atoms with Crippen LogP contribution in [0.4, 0.5) is 8.78 Å². The van der Waals surface area contributed by atoms with Gasteiger partial charge in [0.15, 0.2) is 17.4 Å². The molecule has 0 saturated carbocycles. The maximum absolute atomic E-state index is 13.3. The molecule has 2 rings (SSSR count). The Kier molecular flexibility index (Phi) is 4.52. The summed E-state index contributed by atoms with van der Waals surface area (Å²) in [6.45, 7) is 2.29. The molecule has 0 unspecified atom stereocenters. The van der Waals surface area contributed by atoms with E-state index >= 15 is 0 Å². The van der Waals surface area contributed by atoms with Gasteiger partial charge in [0.2, 0.25) is 0 Å². The van der Waals surface area contributed by atoms with E-state index in [0.29, 0.717) is 6.54 Å². The molecule has 0 radical (unpaired) electrons. The Morgan fingerprint density at radius 2 is 2.00 bits per heavy atom. The van der Waals surface area contributed by atoms with Crippen molar-refractivity contribution >= 4 is 17.2 Å². The first-order valence-electron chi connectivity index (χ1n) is 6.29. The molecule has 0 fully saturated rings. The van der Waals surface area contributed by atoms with Gasteiger partial charge in [-0.05, 0) is 18.6 Å². The highest BCUT2D eigenvalue weighted by Crippen LogP contribution is 2.23. The van der Waals surface area contributed by atoms with Gasteiger partial charge < -0.3 is 10.0 Å². The zero-order chi connectivity index (χ0) is 15.6. The molecule has 4 nitrogen and oxygen atoms in total. The molecule has 0 saturated heterocycles. The minimum absolute atomic E-state index is 0.148. The van der Waals surface area contributed by atoms with Crippen molar-refractivity contribution < 1.29 is 18.7 Å². The lowest BCUT2D eigenvalue weighted by Crippen LogP contribution is -2.26. The lowest BCUT2D eigenvalue weighted by Gasteiger charge is -2.16. The first-order valence-corrected chi connectivity index (χ1v) is 7.11. The third kappa shape index (κ3) is 3.36. The molecule has 0 aliphatic rings. The summed E-state index contributed by atoms with van der Waals surface area (Å²) in [4.78, 5) is 18.6. The fraction of sp³-hybridized carbons (Fsp3) is 0.286. The van der Waals surface area contributed by atoms with Crippen LogP contribution in [0, 0.1) is 11.6 Å². The van der Waals surface area contributed by atoms with E-state index in [0.717, 1.165) is 28.4 Å². The topological polar surface area (TPSA) is 53.4 Å². The number of phenolic OH excluding ortho intramolecular Hbond substituents is 1. The van der Waals surface area contributed by atoms with Crippen molar-refractivity contribution in [2.24, 2.45) is 0 Å². The average Bonchev–Trinajstić information content (AvgIpc) is 2.90. The van der Waals surface area contributed by atoms with Crippen LogP contribution in [-0.4, -0.2) is 27.9 Å². The van der Waals surface area contributed by atoms with Crippen LogP contribution in [0.5, 0.6) is 5.75 Å². The van der Waals surface area contributed by atoms with Crippen LogP contribution in [-0.2, 0) is 13.0 Å². The van der Waals surface area contributed by atoms with E-state index in [9.17, 15) is 13.6 Å². The Bertz CT molecular complexity index is 650. The smallest absolute Gasteiger partial charge is 0.254 e. The van der Waals surface area contributed by atoms with Crippen molar-refractivity contribution in [2.75, 3.05) is 7.05 Å². The summed E-state index contributed by atoms with van der Waals surface area (Å²) in [5.74, 6) is -3.92. The summed E-state index contributed by atoms with van der Waals surface area (Å²) in [5, 5.41) is 10.0. The molecule has 2 aromatic rings. The minimum Gasteiger partial charge on any atom is -0.503 e. The van der Waals surface area contributed by atoms with Gasteiger partial charge in [0, 0.05) is 23.7 Å². The van der Waals surface area contributed by atoms with Crippen molar-refractivity contribution in [3.05, 3.63) is 45.4 Å². The predicted octanol–water partition coefficient (Wildman–Crippen LogP) is 2.96. The summed E-state index contributed by atoms with van der Waals surface area (Å²) in [6, 6.07) is 1.64. The van der Waals surface area contributed by atoms with Crippen molar-refractivity contribution in [3.63, 3.8) is 0 Å². The van der Waals surface area contributed by atoms with Gasteiger partial charge in [-0.3, -0.25) is 4.79 Å². The van der Waals surface area contributed by atoms with Gasteiger partial charge in [0.25, 0.3) is 5.91 Å².